The normalized spacial score (nSPS) is 12.3. The van der Waals surface area contributed by atoms with Crippen LogP contribution < -0.4 is 0 Å². The summed E-state index contributed by atoms with van der Waals surface area (Å²) in [5.74, 6) is -0.0551. The van der Waals surface area contributed by atoms with Crippen LogP contribution in [0.5, 0.6) is 0 Å². The maximum atomic E-state index is 12.0. The lowest BCUT2D eigenvalue weighted by atomic mass is 10.1. The molecule has 0 aliphatic heterocycles. The Kier molecular flexibility index (Phi) is 4.96. The number of nitrogens with zero attached hydrogens (tertiary/aromatic N) is 1. The molecule has 1 unspecified atom stereocenters. The van der Waals surface area contributed by atoms with E-state index in [1.165, 1.54) is 0 Å². The highest BCUT2D eigenvalue weighted by Crippen LogP contribution is 2.22. The number of rotatable bonds is 5. The van der Waals surface area contributed by atoms with Gasteiger partial charge in [0.2, 0.25) is 0 Å². The minimum Gasteiger partial charge on any atom is -0.461 e. The van der Waals surface area contributed by atoms with Gasteiger partial charge in [0.1, 0.15) is 5.15 Å². The fourth-order valence-corrected chi connectivity index (χ4v) is 2.39. The first kappa shape index (κ1) is 14.8. The molecule has 0 N–H and O–H groups in total. The van der Waals surface area contributed by atoms with Gasteiger partial charge in [-0.3, -0.25) is 0 Å². The molecule has 4 heteroatoms. The van der Waals surface area contributed by atoms with Crippen molar-refractivity contribution in [3.05, 3.63) is 41.2 Å². The second kappa shape index (κ2) is 6.71. The van der Waals surface area contributed by atoms with E-state index in [-0.39, 0.29) is 5.69 Å². The minimum absolute atomic E-state index is 0.261. The van der Waals surface area contributed by atoms with Crippen LogP contribution in [0.4, 0.5) is 0 Å². The van der Waals surface area contributed by atoms with Gasteiger partial charge in [-0.1, -0.05) is 56.1 Å². The number of pyridine rings is 1. The maximum Gasteiger partial charge on any atom is 0.357 e. The van der Waals surface area contributed by atoms with Gasteiger partial charge in [0, 0.05) is 5.39 Å². The molecule has 0 aliphatic rings. The van der Waals surface area contributed by atoms with Crippen LogP contribution in [0, 0.1) is 5.92 Å². The number of halogens is 1. The Morgan fingerprint density at radius 2 is 2.15 bits per heavy atom. The van der Waals surface area contributed by atoms with Crippen LogP contribution in [0.1, 0.15) is 37.2 Å². The van der Waals surface area contributed by atoms with Gasteiger partial charge in [0.05, 0.1) is 6.61 Å². The lowest BCUT2D eigenvalue weighted by molar-refractivity contribution is 0.0437. The van der Waals surface area contributed by atoms with Crippen LogP contribution in [0.15, 0.2) is 30.3 Å². The summed E-state index contributed by atoms with van der Waals surface area (Å²) in [6, 6.07) is 9.29. The molecule has 0 amide bonds. The summed E-state index contributed by atoms with van der Waals surface area (Å²) in [6.07, 6.45) is 2.12. The third-order valence-corrected chi connectivity index (χ3v) is 3.47. The Morgan fingerprint density at radius 3 is 2.90 bits per heavy atom. The number of esters is 1. The zero-order valence-electron chi connectivity index (χ0n) is 11.7. The van der Waals surface area contributed by atoms with Crippen molar-refractivity contribution >= 4 is 28.3 Å². The van der Waals surface area contributed by atoms with Gasteiger partial charge >= 0.3 is 5.97 Å². The fraction of sp³-hybridized carbons (Fsp3) is 0.375. The zero-order valence-corrected chi connectivity index (χ0v) is 12.5. The Bertz CT molecular complexity index is 612. The number of aromatic nitrogens is 1. The first-order chi connectivity index (χ1) is 9.61. The number of carbonyl (C=O) groups excluding carboxylic acids is 1. The van der Waals surface area contributed by atoms with Gasteiger partial charge in [-0.05, 0) is 23.8 Å². The van der Waals surface area contributed by atoms with Crippen LogP contribution >= 0.6 is 11.6 Å². The molecule has 3 nitrogen and oxygen atoms in total. The van der Waals surface area contributed by atoms with Gasteiger partial charge in [-0.2, -0.15) is 0 Å². The summed E-state index contributed by atoms with van der Waals surface area (Å²) in [5.41, 5.74) is 0.261. The van der Waals surface area contributed by atoms with E-state index in [1.807, 2.05) is 24.3 Å². The molecule has 106 valence electrons. The number of hydrogen-bond acceptors (Lipinski definition) is 3. The van der Waals surface area contributed by atoms with Gasteiger partial charge in [0.25, 0.3) is 0 Å². The summed E-state index contributed by atoms with van der Waals surface area (Å²) in [5, 5.41) is 2.06. The summed E-state index contributed by atoms with van der Waals surface area (Å²) in [4.78, 5) is 16.1. The SMILES string of the molecule is CCCC(C)COC(=O)c1cc2ccccc2c(Cl)n1. The first-order valence-corrected chi connectivity index (χ1v) is 7.22. The van der Waals surface area contributed by atoms with Crippen LogP contribution in [-0.2, 0) is 4.74 Å². The molecule has 0 radical (unpaired) electrons. The summed E-state index contributed by atoms with van der Waals surface area (Å²) >= 11 is 6.10. The molecule has 2 aromatic rings. The Labute approximate surface area is 123 Å². The standard InChI is InChI=1S/C16H18ClNO2/c1-3-6-11(2)10-20-16(19)14-9-12-7-4-5-8-13(12)15(17)18-14/h4-5,7-9,11H,3,6,10H2,1-2H3. The molecule has 0 bridgehead atoms. The van der Waals surface area contributed by atoms with E-state index < -0.39 is 5.97 Å². The molecule has 0 fully saturated rings. The average molecular weight is 292 g/mol. The molecule has 1 aromatic carbocycles. The first-order valence-electron chi connectivity index (χ1n) is 6.84. The van der Waals surface area contributed by atoms with Gasteiger partial charge in [-0.15, -0.1) is 0 Å². The number of carbonyl (C=O) groups is 1. The predicted octanol–water partition coefficient (Wildman–Crippen LogP) is 4.48. The molecule has 1 heterocycles. The molecular weight excluding hydrogens is 274 g/mol. The van der Waals surface area contributed by atoms with Crippen molar-refractivity contribution in [1.82, 2.24) is 4.98 Å². The Balaban J connectivity index is 2.14. The van der Waals surface area contributed by atoms with Crippen molar-refractivity contribution in [1.29, 1.82) is 0 Å². The molecule has 0 saturated carbocycles. The van der Waals surface area contributed by atoms with E-state index in [2.05, 4.69) is 18.8 Å². The van der Waals surface area contributed by atoms with Crippen molar-refractivity contribution in [3.8, 4) is 0 Å². The van der Waals surface area contributed by atoms with Crippen LogP contribution in [0.3, 0.4) is 0 Å². The smallest absolute Gasteiger partial charge is 0.357 e. The Hall–Kier alpha value is -1.61. The van der Waals surface area contributed by atoms with E-state index in [9.17, 15) is 4.79 Å². The quantitative estimate of drug-likeness (QED) is 0.602. The number of hydrogen-bond donors (Lipinski definition) is 0. The lowest BCUT2D eigenvalue weighted by Crippen LogP contribution is -2.13. The van der Waals surface area contributed by atoms with E-state index in [0.717, 1.165) is 23.6 Å². The van der Waals surface area contributed by atoms with Gasteiger partial charge < -0.3 is 4.74 Å². The molecular formula is C16H18ClNO2. The predicted molar refractivity (Wildman–Crippen MR) is 81.1 cm³/mol. The number of benzene rings is 1. The minimum atomic E-state index is -0.416. The average Bonchev–Trinajstić information content (AvgIpc) is 2.45. The second-order valence-corrected chi connectivity index (χ2v) is 5.37. The van der Waals surface area contributed by atoms with Crippen molar-refractivity contribution in [2.24, 2.45) is 5.92 Å². The molecule has 0 saturated heterocycles. The van der Waals surface area contributed by atoms with Crippen LogP contribution in [0.2, 0.25) is 5.15 Å². The monoisotopic (exact) mass is 291 g/mol. The van der Waals surface area contributed by atoms with Crippen molar-refractivity contribution in [3.63, 3.8) is 0 Å². The largest absolute Gasteiger partial charge is 0.461 e. The van der Waals surface area contributed by atoms with Crippen molar-refractivity contribution in [2.75, 3.05) is 6.61 Å². The van der Waals surface area contributed by atoms with E-state index >= 15 is 0 Å². The third kappa shape index (κ3) is 3.48. The van der Waals surface area contributed by atoms with E-state index in [4.69, 9.17) is 16.3 Å². The molecule has 1 aromatic heterocycles. The second-order valence-electron chi connectivity index (χ2n) is 5.01. The summed E-state index contributed by atoms with van der Waals surface area (Å²) in [6.45, 7) is 4.60. The fourth-order valence-electron chi connectivity index (χ4n) is 2.13. The lowest BCUT2D eigenvalue weighted by Gasteiger charge is -2.11. The molecule has 0 spiro atoms. The highest BCUT2D eigenvalue weighted by molar-refractivity contribution is 6.34. The molecule has 0 aliphatic carbocycles. The number of fused-ring (bicyclic) bond motifs is 1. The summed E-state index contributed by atoms with van der Waals surface area (Å²) in [7, 11) is 0. The van der Waals surface area contributed by atoms with E-state index in [0.29, 0.717) is 17.7 Å². The van der Waals surface area contributed by atoms with Crippen molar-refractivity contribution in [2.45, 2.75) is 26.7 Å². The van der Waals surface area contributed by atoms with Gasteiger partial charge in [-0.25, -0.2) is 9.78 Å². The maximum absolute atomic E-state index is 12.0. The Morgan fingerprint density at radius 1 is 1.40 bits per heavy atom. The number of ether oxygens (including phenoxy) is 1. The highest BCUT2D eigenvalue weighted by Gasteiger charge is 2.13. The molecule has 2 rings (SSSR count). The van der Waals surface area contributed by atoms with E-state index in [1.54, 1.807) is 6.07 Å². The van der Waals surface area contributed by atoms with Crippen LogP contribution in [-0.4, -0.2) is 17.6 Å². The van der Waals surface area contributed by atoms with Crippen LogP contribution in [0.25, 0.3) is 10.8 Å². The van der Waals surface area contributed by atoms with Crippen molar-refractivity contribution < 1.29 is 9.53 Å². The third-order valence-electron chi connectivity index (χ3n) is 3.18. The summed E-state index contributed by atoms with van der Waals surface area (Å²) < 4.78 is 5.29. The van der Waals surface area contributed by atoms with Gasteiger partial charge in [0.15, 0.2) is 5.69 Å². The zero-order chi connectivity index (χ0) is 14.5. The molecule has 1 atom stereocenters. The topological polar surface area (TPSA) is 39.2 Å². The molecule has 20 heavy (non-hydrogen) atoms. The highest BCUT2D eigenvalue weighted by atomic mass is 35.5.